The Kier molecular flexibility index (Phi) is 5.75. The van der Waals surface area contributed by atoms with Gasteiger partial charge in [0.15, 0.2) is 5.82 Å². The zero-order chi connectivity index (χ0) is 19.9. The summed E-state index contributed by atoms with van der Waals surface area (Å²) in [6.07, 6.45) is 1.47. The molecule has 28 heavy (non-hydrogen) atoms. The third-order valence-electron chi connectivity index (χ3n) is 3.58. The Balaban J connectivity index is 1.70. The first-order valence-electron chi connectivity index (χ1n) is 8.33. The summed E-state index contributed by atoms with van der Waals surface area (Å²) in [4.78, 5) is 27.0. The Hall–Kier alpha value is -4.01. The number of carbonyl (C=O) groups is 2. The van der Waals surface area contributed by atoms with Gasteiger partial charge in [-0.1, -0.05) is 6.07 Å². The molecule has 3 aromatic rings. The predicted octanol–water partition coefficient (Wildman–Crippen LogP) is 3.10. The molecule has 0 aliphatic carbocycles. The van der Waals surface area contributed by atoms with Gasteiger partial charge in [-0.2, -0.15) is 10.1 Å². The van der Waals surface area contributed by atoms with Gasteiger partial charge < -0.3 is 20.7 Å². The molecule has 1 heterocycles. The lowest BCUT2D eigenvalue weighted by Gasteiger charge is -2.09. The fourth-order valence-corrected chi connectivity index (χ4v) is 2.38. The molecule has 2 aromatic carbocycles. The zero-order valence-corrected chi connectivity index (χ0v) is 15.3. The van der Waals surface area contributed by atoms with E-state index in [-0.39, 0.29) is 5.91 Å². The number of esters is 1. The highest BCUT2D eigenvalue weighted by Crippen LogP contribution is 2.19. The number of anilines is 5. The van der Waals surface area contributed by atoms with Gasteiger partial charge in [-0.3, -0.25) is 4.79 Å². The largest absolute Gasteiger partial charge is 0.465 e. The summed E-state index contributed by atoms with van der Waals surface area (Å²) in [7, 11) is 1.33. The number of hydrogen-bond acceptors (Lipinski definition) is 8. The van der Waals surface area contributed by atoms with Gasteiger partial charge in [0, 0.05) is 24.0 Å². The van der Waals surface area contributed by atoms with E-state index in [1.165, 1.54) is 20.2 Å². The number of hydrogen-bond donors (Lipinski definition) is 3. The Bertz CT molecular complexity index is 991. The van der Waals surface area contributed by atoms with Crippen LogP contribution in [0.25, 0.3) is 0 Å². The molecule has 0 saturated carbocycles. The van der Waals surface area contributed by atoms with Crippen molar-refractivity contribution >= 4 is 40.7 Å². The lowest BCUT2D eigenvalue weighted by atomic mass is 10.2. The molecule has 142 valence electrons. The summed E-state index contributed by atoms with van der Waals surface area (Å²) in [5, 5.41) is 16.7. The highest BCUT2D eigenvalue weighted by atomic mass is 16.5. The number of carbonyl (C=O) groups excluding carboxylic acids is 2. The minimum Gasteiger partial charge on any atom is -0.465 e. The molecule has 1 amide bonds. The predicted molar refractivity (Wildman–Crippen MR) is 105 cm³/mol. The molecule has 0 unspecified atom stereocenters. The van der Waals surface area contributed by atoms with Gasteiger partial charge in [0.1, 0.15) is 0 Å². The highest BCUT2D eigenvalue weighted by Gasteiger charge is 2.07. The van der Waals surface area contributed by atoms with Crippen molar-refractivity contribution in [2.75, 3.05) is 23.1 Å². The summed E-state index contributed by atoms with van der Waals surface area (Å²) in [5.74, 6) is 0.189. The minimum atomic E-state index is -0.422. The number of ether oxygens (including phenoxy) is 1. The van der Waals surface area contributed by atoms with Crippen LogP contribution in [0.3, 0.4) is 0 Å². The van der Waals surface area contributed by atoms with E-state index in [0.29, 0.717) is 28.7 Å². The van der Waals surface area contributed by atoms with E-state index in [9.17, 15) is 9.59 Å². The standard InChI is InChI=1S/C19H18N6O3/c1-12(26)21-14-6-8-15(9-7-14)23-19-24-17(11-20-25-19)22-16-5-3-4-13(10-16)18(27)28-2/h3-11H,1-2H3,(H,21,26)(H2,22,23,24,25). The third-order valence-corrected chi connectivity index (χ3v) is 3.58. The van der Waals surface area contributed by atoms with Crippen molar-refractivity contribution in [3.05, 3.63) is 60.3 Å². The van der Waals surface area contributed by atoms with Gasteiger partial charge in [-0.05, 0) is 42.5 Å². The SMILES string of the molecule is COC(=O)c1cccc(Nc2cnnc(Nc3ccc(NC(C)=O)cc3)n2)c1. The van der Waals surface area contributed by atoms with E-state index in [1.807, 2.05) is 0 Å². The molecule has 0 saturated heterocycles. The first kappa shape index (κ1) is 18.8. The van der Waals surface area contributed by atoms with E-state index >= 15 is 0 Å². The van der Waals surface area contributed by atoms with Gasteiger partial charge in [0.2, 0.25) is 11.9 Å². The number of nitrogens with one attached hydrogen (secondary N) is 3. The summed E-state index contributed by atoms with van der Waals surface area (Å²) in [6, 6.07) is 13.9. The van der Waals surface area contributed by atoms with Crippen LogP contribution in [0.1, 0.15) is 17.3 Å². The maximum Gasteiger partial charge on any atom is 0.337 e. The van der Waals surface area contributed by atoms with Crippen molar-refractivity contribution in [3.63, 3.8) is 0 Å². The molecular weight excluding hydrogens is 360 g/mol. The molecule has 0 atom stereocenters. The quantitative estimate of drug-likeness (QED) is 0.560. The Morgan fingerprint density at radius 2 is 1.71 bits per heavy atom. The number of nitrogens with zero attached hydrogens (tertiary/aromatic N) is 3. The van der Waals surface area contributed by atoms with Crippen LogP contribution in [-0.2, 0) is 9.53 Å². The van der Waals surface area contributed by atoms with Crippen LogP contribution in [0, 0.1) is 0 Å². The van der Waals surface area contributed by atoms with Crippen molar-refractivity contribution in [2.24, 2.45) is 0 Å². The van der Waals surface area contributed by atoms with Crippen LogP contribution < -0.4 is 16.0 Å². The maximum atomic E-state index is 11.6. The van der Waals surface area contributed by atoms with Crippen LogP contribution >= 0.6 is 0 Å². The Labute approximate surface area is 161 Å². The summed E-state index contributed by atoms with van der Waals surface area (Å²) in [5.41, 5.74) is 2.51. The first-order chi connectivity index (χ1) is 13.5. The van der Waals surface area contributed by atoms with E-state index < -0.39 is 5.97 Å². The molecule has 3 rings (SSSR count). The summed E-state index contributed by atoms with van der Waals surface area (Å²) in [6.45, 7) is 1.45. The summed E-state index contributed by atoms with van der Waals surface area (Å²) < 4.78 is 4.72. The number of benzene rings is 2. The van der Waals surface area contributed by atoms with Crippen LogP contribution in [-0.4, -0.2) is 34.2 Å². The Morgan fingerprint density at radius 1 is 0.964 bits per heavy atom. The number of rotatable bonds is 6. The van der Waals surface area contributed by atoms with Gasteiger partial charge in [-0.15, -0.1) is 5.10 Å². The van der Waals surface area contributed by atoms with Crippen molar-refractivity contribution in [1.82, 2.24) is 15.2 Å². The monoisotopic (exact) mass is 378 g/mol. The number of methoxy groups -OCH3 is 1. The second-order valence-electron chi connectivity index (χ2n) is 5.75. The molecule has 3 N–H and O–H groups in total. The van der Waals surface area contributed by atoms with E-state index in [0.717, 1.165) is 5.69 Å². The average molecular weight is 378 g/mol. The van der Waals surface area contributed by atoms with Gasteiger partial charge in [-0.25, -0.2) is 4.79 Å². The van der Waals surface area contributed by atoms with Crippen molar-refractivity contribution < 1.29 is 14.3 Å². The molecule has 0 aliphatic rings. The normalized spacial score (nSPS) is 10.1. The molecule has 0 radical (unpaired) electrons. The van der Waals surface area contributed by atoms with Crippen LogP contribution in [0.2, 0.25) is 0 Å². The zero-order valence-electron chi connectivity index (χ0n) is 15.3. The Morgan fingerprint density at radius 3 is 2.43 bits per heavy atom. The van der Waals surface area contributed by atoms with Crippen molar-refractivity contribution in [3.8, 4) is 0 Å². The molecule has 0 spiro atoms. The first-order valence-corrected chi connectivity index (χ1v) is 8.33. The second kappa shape index (κ2) is 8.58. The molecule has 9 nitrogen and oxygen atoms in total. The smallest absolute Gasteiger partial charge is 0.337 e. The average Bonchev–Trinajstić information content (AvgIpc) is 2.69. The third kappa shape index (κ3) is 5.01. The molecule has 1 aromatic heterocycles. The van der Waals surface area contributed by atoms with Gasteiger partial charge in [0.25, 0.3) is 0 Å². The second-order valence-corrected chi connectivity index (χ2v) is 5.75. The minimum absolute atomic E-state index is 0.136. The summed E-state index contributed by atoms with van der Waals surface area (Å²) >= 11 is 0. The molecule has 0 bridgehead atoms. The van der Waals surface area contributed by atoms with E-state index in [1.54, 1.807) is 48.5 Å². The topological polar surface area (TPSA) is 118 Å². The fraction of sp³-hybridized carbons (Fsp3) is 0.105. The van der Waals surface area contributed by atoms with E-state index in [4.69, 9.17) is 4.74 Å². The molecule has 0 aliphatic heterocycles. The molecular formula is C19H18N6O3. The van der Waals surface area contributed by atoms with Crippen LogP contribution in [0.4, 0.5) is 28.8 Å². The number of aromatic nitrogens is 3. The van der Waals surface area contributed by atoms with Crippen molar-refractivity contribution in [2.45, 2.75) is 6.92 Å². The lowest BCUT2D eigenvalue weighted by molar-refractivity contribution is -0.114. The van der Waals surface area contributed by atoms with E-state index in [2.05, 4.69) is 31.1 Å². The van der Waals surface area contributed by atoms with Crippen LogP contribution in [0.15, 0.2) is 54.7 Å². The lowest BCUT2D eigenvalue weighted by Crippen LogP contribution is -2.06. The highest BCUT2D eigenvalue weighted by molar-refractivity contribution is 5.90. The van der Waals surface area contributed by atoms with Gasteiger partial charge >= 0.3 is 5.97 Å². The fourth-order valence-electron chi connectivity index (χ4n) is 2.38. The van der Waals surface area contributed by atoms with Crippen molar-refractivity contribution in [1.29, 1.82) is 0 Å². The molecule has 9 heteroatoms. The van der Waals surface area contributed by atoms with Gasteiger partial charge in [0.05, 0.1) is 18.9 Å². The molecule has 0 fully saturated rings. The van der Waals surface area contributed by atoms with Crippen LogP contribution in [0.5, 0.6) is 0 Å². The number of amides is 1. The maximum absolute atomic E-state index is 11.6.